The minimum atomic E-state index is 0.706. The normalized spacial score (nSPS) is 47.0. The zero-order valence-corrected chi connectivity index (χ0v) is 9.61. The highest BCUT2D eigenvalue weighted by molar-refractivity contribution is 4.96. The van der Waals surface area contributed by atoms with Crippen molar-refractivity contribution in [3.63, 3.8) is 0 Å². The highest BCUT2D eigenvalue weighted by Gasteiger charge is 2.40. The SMILES string of the molecule is C[C@@H]1[C@H]2COCCC2NCC2CCCN21. The van der Waals surface area contributed by atoms with Gasteiger partial charge in [-0.25, -0.2) is 0 Å². The summed E-state index contributed by atoms with van der Waals surface area (Å²) in [6, 6.07) is 2.21. The second-order valence-corrected chi connectivity index (χ2v) is 5.32. The Bertz CT molecular complexity index is 234. The lowest BCUT2D eigenvalue weighted by atomic mass is 9.89. The fourth-order valence-corrected chi connectivity index (χ4v) is 3.64. The first kappa shape index (κ1) is 10.1. The molecule has 0 spiro atoms. The summed E-state index contributed by atoms with van der Waals surface area (Å²) >= 11 is 0. The Kier molecular flexibility index (Phi) is 2.71. The fourth-order valence-electron chi connectivity index (χ4n) is 3.64. The molecule has 3 aliphatic heterocycles. The molecule has 0 aromatic rings. The molecule has 1 N–H and O–H groups in total. The van der Waals surface area contributed by atoms with Crippen molar-refractivity contribution in [3.05, 3.63) is 0 Å². The minimum Gasteiger partial charge on any atom is -0.381 e. The molecule has 3 rings (SSSR count). The molecule has 0 radical (unpaired) electrons. The maximum Gasteiger partial charge on any atom is 0.0524 e. The molecule has 3 saturated heterocycles. The third-order valence-electron chi connectivity index (χ3n) is 4.58. The van der Waals surface area contributed by atoms with E-state index in [0.717, 1.165) is 19.3 Å². The number of nitrogens with zero attached hydrogens (tertiary/aromatic N) is 1. The van der Waals surface area contributed by atoms with Crippen LogP contribution in [0.4, 0.5) is 0 Å². The van der Waals surface area contributed by atoms with E-state index in [2.05, 4.69) is 17.1 Å². The standard InChI is InChI=1S/C12H22N2O/c1-9-11-8-15-6-4-12(11)13-7-10-3-2-5-14(9)10/h9-13H,2-8H2,1H3/t9-,10?,11-,12?/m1/s1. The number of nitrogens with one attached hydrogen (secondary N) is 1. The molecule has 0 aromatic heterocycles. The first-order valence-electron chi connectivity index (χ1n) is 6.43. The van der Waals surface area contributed by atoms with Crippen molar-refractivity contribution in [1.82, 2.24) is 10.2 Å². The van der Waals surface area contributed by atoms with E-state index in [1.165, 1.54) is 32.4 Å². The van der Waals surface area contributed by atoms with Crippen LogP contribution in [0.2, 0.25) is 0 Å². The van der Waals surface area contributed by atoms with E-state index in [1.807, 2.05) is 0 Å². The van der Waals surface area contributed by atoms with E-state index in [-0.39, 0.29) is 0 Å². The van der Waals surface area contributed by atoms with Crippen LogP contribution < -0.4 is 5.32 Å². The maximum atomic E-state index is 5.65. The molecule has 3 fully saturated rings. The average molecular weight is 210 g/mol. The zero-order chi connectivity index (χ0) is 10.3. The summed E-state index contributed by atoms with van der Waals surface area (Å²) in [6.45, 7) is 6.81. The molecular formula is C12H22N2O. The molecule has 0 amide bonds. The lowest BCUT2D eigenvalue weighted by molar-refractivity contribution is 0.00535. The topological polar surface area (TPSA) is 24.5 Å². The van der Waals surface area contributed by atoms with Gasteiger partial charge in [0.15, 0.2) is 0 Å². The lowest BCUT2D eigenvalue weighted by Crippen LogP contribution is -2.48. The molecule has 4 atom stereocenters. The largest absolute Gasteiger partial charge is 0.381 e. The van der Waals surface area contributed by atoms with Crippen molar-refractivity contribution in [3.8, 4) is 0 Å². The van der Waals surface area contributed by atoms with Gasteiger partial charge in [0, 0.05) is 37.2 Å². The third kappa shape index (κ3) is 1.71. The van der Waals surface area contributed by atoms with Crippen molar-refractivity contribution in [1.29, 1.82) is 0 Å². The molecule has 2 unspecified atom stereocenters. The van der Waals surface area contributed by atoms with E-state index < -0.39 is 0 Å². The Balaban J connectivity index is 1.79. The van der Waals surface area contributed by atoms with E-state index in [9.17, 15) is 0 Å². The van der Waals surface area contributed by atoms with Gasteiger partial charge < -0.3 is 10.1 Å². The maximum absolute atomic E-state index is 5.65. The Morgan fingerprint density at radius 1 is 1.33 bits per heavy atom. The highest BCUT2D eigenvalue weighted by Crippen LogP contribution is 2.30. The van der Waals surface area contributed by atoms with Crippen molar-refractivity contribution >= 4 is 0 Å². The second-order valence-electron chi connectivity index (χ2n) is 5.32. The van der Waals surface area contributed by atoms with Crippen LogP contribution in [0.1, 0.15) is 26.2 Å². The van der Waals surface area contributed by atoms with Crippen LogP contribution in [0.3, 0.4) is 0 Å². The minimum absolute atomic E-state index is 0.706. The molecule has 3 nitrogen and oxygen atoms in total. The van der Waals surface area contributed by atoms with Crippen molar-refractivity contribution < 1.29 is 4.74 Å². The summed E-state index contributed by atoms with van der Waals surface area (Å²) in [4.78, 5) is 2.71. The summed E-state index contributed by atoms with van der Waals surface area (Å²) in [5.74, 6) is 0.710. The van der Waals surface area contributed by atoms with E-state index in [4.69, 9.17) is 4.74 Å². The van der Waals surface area contributed by atoms with Gasteiger partial charge in [-0.15, -0.1) is 0 Å². The molecule has 0 bridgehead atoms. The van der Waals surface area contributed by atoms with E-state index in [0.29, 0.717) is 18.0 Å². The van der Waals surface area contributed by atoms with Crippen molar-refractivity contribution in [2.24, 2.45) is 5.92 Å². The predicted octanol–water partition coefficient (Wildman–Crippen LogP) is 0.848. The number of ether oxygens (including phenoxy) is 1. The van der Waals surface area contributed by atoms with Gasteiger partial charge in [-0.1, -0.05) is 0 Å². The predicted molar refractivity (Wildman–Crippen MR) is 59.9 cm³/mol. The summed E-state index contributed by atoms with van der Waals surface area (Å²) in [7, 11) is 0. The smallest absolute Gasteiger partial charge is 0.0524 e. The number of hydrogen-bond donors (Lipinski definition) is 1. The van der Waals surface area contributed by atoms with E-state index in [1.54, 1.807) is 0 Å². The Labute approximate surface area is 92.2 Å². The molecule has 0 aromatic carbocycles. The Morgan fingerprint density at radius 3 is 3.20 bits per heavy atom. The van der Waals surface area contributed by atoms with Crippen LogP contribution in [0.25, 0.3) is 0 Å². The van der Waals surface area contributed by atoms with E-state index >= 15 is 0 Å². The van der Waals surface area contributed by atoms with Crippen LogP contribution in [0.5, 0.6) is 0 Å². The van der Waals surface area contributed by atoms with Gasteiger partial charge in [0.1, 0.15) is 0 Å². The lowest BCUT2D eigenvalue weighted by Gasteiger charge is -2.37. The number of hydrogen-bond acceptors (Lipinski definition) is 3. The third-order valence-corrected chi connectivity index (χ3v) is 4.58. The highest BCUT2D eigenvalue weighted by atomic mass is 16.5. The zero-order valence-electron chi connectivity index (χ0n) is 9.61. The summed E-state index contributed by atoms with van der Waals surface area (Å²) < 4.78 is 5.65. The Morgan fingerprint density at radius 2 is 2.27 bits per heavy atom. The van der Waals surface area contributed by atoms with Gasteiger partial charge in [-0.2, -0.15) is 0 Å². The van der Waals surface area contributed by atoms with Crippen LogP contribution in [-0.4, -0.2) is 49.3 Å². The van der Waals surface area contributed by atoms with Crippen LogP contribution in [-0.2, 0) is 4.74 Å². The molecule has 3 heteroatoms. The van der Waals surface area contributed by atoms with Crippen LogP contribution in [0.15, 0.2) is 0 Å². The second kappa shape index (κ2) is 4.04. The molecule has 86 valence electrons. The Hall–Kier alpha value is -0.120. The summed E-state index contributed by atoms with van der Waals surface area (Å²) in [5, 5.41) is 3.76. The van der Waals surface area contributed by atoms with Gasteiger partial charge in [0.25, 0.3) is 0 Å². The van der Waals surface area contributed by atoms with Gasteiger partial charge in [-0.3, -0.25) is 4.90 Å². The van der Waals surface area contributed by atoms with Gasteiger partial charge in [0.2, 0.25) is 0 Å². The molecule has 0 saturated carbocycles. The monoisotopic (exact) mass is 210 g/mol. The molecule has 0 aliphatic carbocycles. The molecular weight excluding hydrogens is 188 g/mol. The first-order valence-corrected chi connectivity index (χ1v) is 6.43. The fraction of sp³-hybridized carbons (Fsp3) is 1.00. The molecule has 3 heterocycles. The van der Waals surface area contributed by atoms with Crippen molar-refractivity contribution in [2.75, 3.05) is 26.3 Å². The van der Waals surface area contributed by atoms with Crippen LogP contribution >= 0.6 is 0 Å². The molecule has 15 heavy (non-hydrogen) atoms. The quantitative estimate of drug-likeness (QED) is 0.641. The van der Waals surface area contributed by atoms with Crippen molar-refractivity contribution in [2.45, 2.75) is 44.3 Å². The van der Waals surface area contributed by atoms with Gasteiger partial charge >= 0.3 is 0 Å². The first-order chi connectivity index (χ1) is 7.36. The summed E-state index contributed by atoms with van der Waals surface area (Å²) in [5.41, 5.74) is 0. The summed E-state index contributed by atoms with van der Waals surface area (Å²) in [6.07, 6.45) is 3.97. The van der Waals surface area contributed by atoms with Gasteiger partial charge in [-0.05, 0) is 32.7 Å². The van der Waals surface area contributed by atoms with Crippen LogP contribution in [0, 0.1) is 5.92 Å². The molecule has 3 aliphatic rings. The average Bonchev–Trinajstić information content (AvgIpc) is 2.69. The number of rotatable bonds is 0. The van der Waals surface area contributed by atoms with Gasteiger partial charge in [0.05, 0.1) is 6.61 Å². The number of fused-ring (bicyclic) bond motifs is 2.